The number of nitrogens with one attached hydrogen (secondary N) is 2. The molecule has 0 spiro atoms. The minimum absolute atomic E-state index is 0.679. The van der Waals surface area contributed by atoms with Crippen LogP contribution in [0.5, 0.6) is 0 Å². The first kappa shape index (κ1) is 20.1. The van der Waals surface area contributed by atoms with Crippen molar-refractivity contribution in [2.24, 2.45) is 0 Å². The van der Waals surface area contributed by atoms with Crippen molar-refractivity contribution in [1.82, 2.24) is 10.2 Å². The number of nitrogens with zero attached hydrogens (tertiary/aromatic N) is 1. The molecule has 0 amide bonds. The lowest BCUT2D eigenvalue weighted by Crippen LogP contribution is -2.29. The molecular formula is C22H29N3S. The third-order valence-corrected chi connectivity index (χ3v) is 4.24. The van der Waals surface area contributed by atoms with Crippen LogP contribution in [0.25, 0.3) is 12.2 Å². The van der Waals surface area contributed by atoms with Gasteiger partial charge in [-0.25, -0.2) is 0 Å². The first-order valence-corrected chi connectivity index (χ1v) is 9.48. The molecule has 4 heteroatoms. The average Bonchev–Trinajstić information content (AvgIpc) is 2.61. The van der Waals surface area contributed by atoms with Crippen LogP contribution in [0.1, 0.15) is 29.5 Å². The van der Waals surface area contributed by atoms with E-state index >= 15 is 0 Å². The van der Waals surface area contributed by atoms with E-state index in [1.54, 1.807) is 0 Å². The van der Waals surface area contributed by atoms with Crippen molar-refractivity contribution in [1.29, 1.82) is 0 Å². The number of hydrogen-bond donors (Lipinski definition) is 2. The molecule has 2 aromatic carbocycles. The minimum Gasteiger partial charge on any atom is -0.362 e. The van der Waals surface area contributed by atoms with E-state index < -0.39 is 0 Å². The van der Waals surface area contributed by atoms with Crippen LogP contribution in [0.15, 0.2) is 48.5 Å². The van der Waals surface area contributed by atoms with Crippen LogP contribution in [0.3, 0.4) is 0 Å². The molecule has 0 aliphatic heterocycles. The molecule has 0 atom stereocenters. The number of aryl methyl sites for hydroxylation is 1. The van der Waals surface area contributed by atoms with Gasteiger partial charge in [-0.3, -0.25) is 0 Å². The molecule has 138 valence electrons. The van der Waals surface area contributed by atoms with Crippen molar-refractivity contribution < 1.29 is 0 Å². The zero-order valence-corrected chi connectivity index (χ0v) is 16.8. The van der Waals surface area contributed by atoms with Crippen LogP contribution >= 0.6 is 12.2 Å². The number of benzene rings is 2. The van der Waals surface area contributed by atoms with E-state index in [1.807, 2.05) is 0 Å². The molecular weight excluding hydrogens is 338 g/mol. The molecule has 2 aromatic rings. The summed E-state index contributed by atoms with van der Waals surface area (Å²) in [6.07, 6.45) is 6.54. The number of unbranched alkanes of at least 4 members (excludes halogenated alkanes) is 1. The van der Waals surface area contributed by atoms with E-state index in [0.29, 0.717) is 5.11 Å². The average molecular weight is 368 g/mol. The van der Waals surface area contributed by atoms with Gasteiger partial charge in [-0.15, -0.1) is 0 Å². The molecule has 0 bridgehead atoms. The van der Waals surface area contributed by atoms with E-state index in [4.69, 9.17) is 12.2 Å². The minimum atomic E-state index is 0.679. The lowest BCUT2D eigenvalue weighted by Gasteiger charge is -2.12. The Kier molecular flexibility index (Phi) is 8.32. The summed E-state index contributed by atoms with van der Waals surface area (Å²) in [5.74, 6) is 0. The highest BCUT2D eigenvalue weighted by Crippen LogP contribution is 2.13. The van der Waals surface area contributed by atoms with Gasteiger partial charge in [0, 0.05) is 12.2 Å². The van der Waals surface area contributed by atoms with Crippen molar-refractivity contribution in [3.8, 4) is 0 Å². The summed E-state index contributed by atoms with van der Waals surface area (Å²) >= 11 is 5.35. The fourth-order valence-corrected chi connectivity index (χ4v) is 2.79. The van der Waals surface area contributed by atoms with Gasteiger partial charge in [-0.05, 0) is 75.9 Å². The molecule has 0 fully saturated rings. The molecule has 0 aliphatic rings. The molecule has 0 aromatic heterocycles. The Morgan fingerprint density at radius 3 is 2.42 bits per heavy atom. The Balaban J connectivity index is 1.77. The van der Waals surface area contributed by atoms with Gasteiger partial charge < -0.3 is 15.5 Å². The Morgan fingerprint density at radius 1 is 1.00 bits per heavy atom. The second-order valence-electron chi connectivity index (χ2n) is 6.76. The van der Waals surface area contributed by atoms with Crippen molar-refractivity contribution in [2.45, 2.75) is 19.8 Å². The zero-order chi connectivity index (χ0) is 18.8. The summed E-state index contributed by atoms with van der Waals surface area (Å²) in [6, 6.07) is 16.8. The zero-order valence-electron chi connectivity index (χ0n) is 16.0. The predicted molar refractivity (Wildman–Crippen MR) is 119 cm³/mol. The SMILES string of the molecule is Cc1cccc(/C=C/c2ccc(NC(=S)NCCCCN(C)C)cc2)c1. The smallest absolute Gasteiger partial charge is 0.170 e. The molecule has 26 heavy (non-hydrogen) atoms. The molecule has 0 saturated heterocycles. The first-order valence-electron chi connectivity index (χ1n) is 9.07. The second kappa shape index (κ2) is 10.7. The van der Waals surface area contributed by atoms with Crippen LogP contribution in [0.4, 0.5) is 5.69 Å². The van der Waals surface area contributed by atoms with Crippen LogP contribution in [-0.2, 0) is 0 Å². The summed E-state index contributed by atoms with van der Waals surface area (Å²) < 4.78 is 0. The number of hydrogen-bond acceptors (Lipinski definition) is 2. The van der Waals surface area contributed by atoms with E-state index in [-0.39, 0.29) is 0 Å². The maximum Gasteiger partial charge on any atom is 0.170 e. The standard InChI is InChI=1S/C22H29N3S/c1-18-7-6-8-20(17-18)10-9-19-11-13-21(14-12-19)24-22(26)23-15-4-5-16-25(2)3/h6-14,17H,4-5,15-16H2,1-3H3,(H2,23,24,26)/b10-9+. The summed E-state index contributed by atoms with van der Waals surface area (Å²) in [7, 11) is 4.19. The van der Waals surface area contributed by atoms with Gasteiger partial charge in [0.2, 0.25) is 0 Å². The Morgan fingerprint density at radius 2 is 1.73 bits per heavy atom. The number of thiocarbonyl (C=S) groups is 1. The van der Waals surface area contributed by atoms with Gasteiger partial charge in [0.1, 0.15) is 0 Å². The van der Waals surface area contributed by atoms with Crippen molar-refractivity contribution in [2.75, 3.05) is 32.5 Å². The molecule has 0 radical (unpaired) electrons. The maximum absolute atomic E-state index is 5.35. The van der Waals surface area contributed by atoms with E-state index in [9.17, 15) is 0 Å². The van der Waals surface area contributed by atoms with Gasteiger partial charge in [0.05, 0.1) is 0 Å². The fourth-order valence-electron chi connectivity index (χ4n) is 2.57. The highest BCUT2D eigenvalue weighted by atomic mass is 32.1. The van der Waals surface area contributed by atoms with Gasteiger partial charge in [0.25, 0.3) is 0 Å². The largest absolute Gasteiger partial charge is 0.362 e. The summed E-state index contributed by atoms with van der Waals surface area (Å²) in [4.78, 5) is 2.20. The molecule has 0 heterocycles. The van der Waals surface area contributed by atoms with Crippen LogP contribution < -0.4 is 10.6 Å². The monoisotopic (exact) mass is 367 g/mol. The maximum atomic E-state index is 5.35. The van der Waals surface area contributed by atoms with Crippen molar-refractivity contribution in [3.63, 3.8) is 0 Å². The van der Waals surface area contributed by atoms with Crippen molar-refractivity contribution in [3.05, 3.63) is 65.2 Å². The Bertz CT molecular complexity index is 720. The number of rotatable bonds is 8. The normalized spacial score (nSPS) is 11.1. The number of anilines is 1. The van der Waals surface area contributed by atoms with Crippen LogP contribution in [0.2, 0.25) is 0 Å². The van der Waals surface area contributed by atoms with E-state index in [1.165, 1.54) is 23.1 Å². The van der Waals surface area contributed by atoms with Crippen LogP contribution in [-0.4, -0.2) is 37.2 Å². The topological polar surface area (TPSA) is 27.3 Å². The molecule has 2 N–H and O–H groups in total. The predicted octanol–water partition coefficient (Wildman–Crippen LogP) is 4.79. The molecule has 3 nitrogen and oxygen atoms in total. The summed E-state index contributed by atoms with van der Waals surface area (Å²) in [5, 5.41) is 7.17. The lowest BCUT2D eigenvalue weighted by molar-refractivity contribution is 0.394. The Hall–Kier alpha value is -2.17. The summed E-state index contributed by atoms with van der Waals surface area (Å²) in [5.41, 5.74) is 4.66. The van der Waals surface area contributed by atoms with E-state index in [0.717, 1.165) is 25.2 Å². The molecule has 2 rings (SSSR count). The first-order chi connectivity index (χ1) is 12.5. The molecule has 0 aliphatic carbocycles. The summed E-state index contributed by atoms with van der Waals surface area (Å²) in [6.45, 7) is 4.12. The quantitative estimate of drug-likeness (QED) is 0.398. The van der Waals surface area contributed by atoms with Gasteiger partial charge >= 0.3 is 0 Å². The van der Waals surface area contributed by atoms with Gasteiger partial charge in [-0.1, -0.05) is 54.1 Å². The molecule has 0 unspecified atom stereocenters. The highest BCUT2D eigenvalue weighted by Gasteiger charge is 1.98. The second-order valence-corrected chi connectivity index (χ2v) is 7.17. The van der Waals surface area contributed by atoms with E-state index in [2.05, 4.69) is 97.2 Å². The molecule has 0 saturated carbocycles. The van der Waals surface area contributed by atoms with Gasteiger partial charge in [-0.2, -0.15) is 0 Å². The third-order valence-electron chi connectivity index (χ3n) is 4.00. The van der Waals surface area contributed by atoms with Gasteiger partial charge in [0.15, 0.2) is 5.11 Å². The lowest BCUT2D eigenvalue weighted by atomic mass is 10.1. The Labute approximate surface area is 163 Å². The third kappa shape index (κ3) is 7.81. The highest BCUT2D eigenvalue weighted by molar-refractivity contribution is 7.80. The van der Waals surface area contributed by atoms with Crippen LogP contribution in [0, 0.1) is 6.92 Å². The van der Waals surface area contributed by atoms with Crippen molar-refractivity contribution >= 4 is 35.2 Å². The fraction of sp³-hybridized carbons (Fsp3) is 0.318.